The van der Waals surface area contributed by atoms with Crippen molar-refractivity contribution in [3.05, 3.63) is 78.1 Å². The molecule has 0 fully saturated rings. The lowest BCUT2D eigenvalue weighted by atomic mass is 10.2. The molecule has 0 saturated carbocycles. The second kappa shape index (κ2) is 8.90. The van der Waals surface area contributed by atoms with Gasteiger partial charge in [-0.1, -0.05) is 18.2 Å². The molecule has 0 spiro atoms. The molecule has 172 valence electrons. The molecule has 8 nitrogen and oxygen atoms in total. The summed E-state index contributed by atoms with van der Waals surface area (Å²) in [5.41, 5.74) is 3.39. The number of fused-ring (bicyclic) bond motifs is 2. The van der Waals surface area contributed by atoms with Crippen LogP contribution in [0.4, 0.5) is 5.69 Å². The van der Waals surface area contributed by atoms with Crippen molar-refractivity contribution in [1.82, 2.24) is 9.55 Å². The molecule has 0 saturated heterocycles. The number of benzene rings is 3. The van der Waals surface area contributed by atoms with Gasteiger partial charge in [0.2, 0.25) is 0 Å². The predicted octanol–water partition coefficient (Wildman–Crippen LogP) is 4.29. The number of nitrogens with zero attached hydrogens (tertiary/aromatic N) is 2. The zero-order chi connectivity index (χ0) is 23.7. The van der Waals surface area contributed by atoms with Crippen LogP contribution in [0, 0.1) is 6.92 Å². The molecule has 3 aromatic carbocycles. The van der Waals surface area contributed by atoms with Crippen LogP contribution in [0.2, 0.25) is 0 Å². The smallest absolute Gasteiger partial charge is 0.338 e. The summed E-state index contributed by atoms with van der Waals surface area (Å²) in [6, 6.07) is 20.2. The van der Waals surface area contributed by atoms with Crippen molar-refractivity contribution in [3.8, 4) is 17.2 Å². The Bertz CT molecular complexity index is 1380. The Kier molecular flexibility index (Phi) is 5.63. The Morgan fingerprint density at radius 2 is 1.76 bits per heavy atom. The number of aromatic nitrogens is 2. The van der Waals surface area contributed by atoms with Gasteiger partial charge >= 0.3 is 5.97 Å². The van der Waals surface area contributed by atoms with E-state index >= 15 is 0 Å². The van der Waals surface area contributed by atoms with Crippen molar-refractivity contribution in [3.63, 3.8) is 0 Å². The molecule has 1 aromatic heterocycles. The highest BCUT2D eigenvalue weighted by Crippen LogP contribution is 2.32. The first-order valence-electron chi connectivity index (χ1n) is 11.0. The number of amides is 1. The van der Waals surface area contributed by atoms with Crippen LogP contribution < -0.4 is 14.8 Å². The van der Waals surface area contributed by atoms with Gasteiger partial charge in [-0.3, -0.25) is 9.36 Å². The first-order valence-corrected chi connectivity index (χ1v) is 11.0. The molecule has 2 heterocycles. The van der Waals surface area contributed by atoms with Gasteiger partial charge in [0.05, 0.1) is 16.6 Å². The number of ether oxygens (including phenoxy) is 3. The molecule has 1 amide bonds. The molecule has 0 bridgehead atoms. The molecule has 0 aliphatic carbocycles. The van der Waals surface area contributed by atoms with Gasteiger partial charge in [0.15, 0.2) is 17.6 Å². The number of aryl methyl sites for hydroxylation is 1. The third-order valence-electron chi connectivity index (χ3n) is 5.54. The van der Waals surface area contributed by atoms with Gasteiger partial charge in [-0.2, -0.15) is 0 Å². The summed E-state index contributed by atoms with van der Waals surface area (Å²) in [5.74, 6) is 0.948. The van der Waals surface area contributed by atoms with Gasteiger partial charge in [0.1, 0.15) is 19.0 Å². The van der Waals surface area contributed by atoms with Crippen LogP contribution >= 0.6 is 0 Å². The van der Waals surface area contributed by atoms with Crippen molar-refractivity contribution in [1.29, 1.82) is 0 Å². The number of carbonyl (C=O) groups is 2. The highest BCUT2D eigenvalue weighted by molar-refractivity contribution is 5.98. The minimum atomic E-state index is -1.000. The SMILES string of the molecule is Cc1nc2cc(C(=O)O[C@@H](C)C(=O)Nc3ccc4c(c3)OCCO4)ccc2n1-c1ccccc1. The number of hydrogen-bond donors (Lipinski definition) is 1. The lowest BCUT2D eigenvalue weighted by Crippen LogP contribution is -2.30. The topological polar surface area (TPSA) is 91.7 Å². The third kappa shape index (κ3) is 4.17. The molecule has 0 unspecified atom stereocenters. The van der Waals surface area contributed by atoms with E-state index in [-0.39, 0.29) is 0 Å². The van der Waals surface area contributed by atoms with Crippen LogP contribution in [-0.2, 0) is 9.53 Å². The number of hydrogen-bond acceptors (Lipinski definition) is 6. The van der Waals surface area contributed by atoms with Gasteiger partial charge in [-0.15, -0.1) is 0 Å². The first-order chi connectivity index (χ1) is 16.5. The van der Waals surface area contributed by atoms with Crippen LogP contribution in [-0.4, -0.2) is 40.7 Å². The number of rotatable bonds is 5. The summed E-state index contributed by atoms with van der Waals surface area (Å²) in [6.45, 7) is 4.38. The zero-order valence-electron chi connectivity index (χ0n) is 18.8. The van der Waals surface area contributed by atoms with Crippen LogP contribution in [0.1, 0.15) is 23.1 Å². The molecule has 1 aliphatic rings. The number of esters is 1. The molecule has 8 heteroatoms. The molecule has 1 aliphatic heterocycles. The largest absolute Gasteiger partial charge is 0.486 e. The van der Waals surface area contributed by atoms with E-state index in [1.54, 1.807) is 30.3 Å². The van der Waals surface area contributed by atoms with E-state index in [0.29, 0.717) is 41.5 Å². The van der Waals surface area contributed by atoms with Crippen molar-refractivity contribution in [2.75, 3.05) is 18.5 Å². The van der Waals surface area contributed by atoms with Crippen molar-refractivity contribution >= 4 is 28.6 Å². The minimum absolute atomic E-state index is 0.323. The number of nitrogens with one attached hydrogen (secondary N) is 1. The number of anilines is 1. The summed E-state index contributed by atoms with van der Waals surface area (Å²) in [6.07, 6.45) is -1.000. The van der Waals surface area contributed by atoms with Crippen LogP contribution in [0.5, 0.6) is 11.5 Å². The summed E-state index contributed by atoms with van der Waals surface area (Å²) in [4.78, 5) is 29.9. The summed E-state index contributed by atoms with van der Waals surface area (Å²) < 4.78 is 18.4. The zero-order valence-corrected chi connectivity index (χ0v) is 18.8. The highest BCUT2D eigenvalue weighted by atomic mass is 16.6. The average Bonchev–Trinajstić information content (AvgIpc) is 3.19. The number of imidazole rings is 1. The fraction of sp³-hybridized carbons (Fsp3) is 0.192. The maximum Gasteiger partial charge on any atom is 0.338 e. The molecular formula is C26H23N3O5. The van der Waals surface area contributed by atoms with Gasteiger partial charge in [0, 0.05) is 17.4 Å². The van der Waals surface area contributed by atoms with E-state index in [0.717, 1.165) is 17.0 Å². The molecule has 5 rings (SSSR count). The van der Waals surface area contributed by atoms with Gasteiger partial charge in [-0.05, 0) is 56.3 Å². The maximum atomic E-state index is 12.7. The number of carbonyl (C=O) groups excluding carboxylic acids is 2. The summed E-state index contributed by atoms with van der Waals surface area (Å²) in [5, 5.41) is 2.74. The third-order valence-corrected chi connectivity index (χ3v) is 5.54. The Hall–Kier alpha value is -4.33. The Balaban J connectivity index is 1.29. The van der Waals surface area contributed by atoms with E-state index < -0.39 is 18.0 Å². The van der Waals surface area contributed by atoms with Crippen molar-refractivity contribution in [2.24, 2.45) is 0 Å². The van der Waals surface area contributed by atoms with E-state index in [4.69, 9.17) is 14.2 Å². The second-order valence-electron chi connectivity index (χ2n) is 7.93. The fourth-order valence-corrected chi connectivity index (χ4v) is 3.88. The predicted molar refractivity (Wildman–Crippen MR) is 127 cm³/mol. The highest BCUT2D eigenvalue weighted by Gasteiger charge is 2.21. The van der Waals surface area contributed by atoms with E-state index in [1.165, 1.54) is 6.92 Å². The molecule has 1 atom stereocenters. The van der Waals surface area contributed by atoms with E-state index in [9.17, 15) is 9.59 Å². The molecular weight excluding hydrogens is 434 g/mol. The van der Waals surface area contributed by atoms with E-state index in [2.05, 4.69) is 10.3 Å². The Morgan fingerprint density at radius 1 is 1.00 bits per heavy atom. The molecule has 34 heavy (non-hydrogen) atoms. The lowest BCUT2D eigenvalue weighted by molar-refractivity contribution is -0.123. The summed E-state index contributed by atoms with van der Waals surface area (Å²) >= 11 is 0. The first kappa shape index (κ1) is 21.5. The fourth-order valence-electron chi connectivity index (χ4n) is 3.88. The maximum absolute atomic E-state index is 12.7. The Morgan fingerprint density at radius 3 is 2.56 bits per heavy atom. The average molecular weight is 457 g/mol. The van der Waals surface area contributed by atoms with Crippen molar-refractivity contribution in [2.45, 2.75) is 20.0 Å². The molecule has 0 radical (unpaired) electrons. The monoisotopic (exact) mass is 457 g/mol. The Labute approximate surface area is 196 Å². The van der Waals surface area contributed by atoms with Gasteiger partial charge in [-0.25, -0.2) is 9.78 Å². The van der Waals surface area contributed by atoms with Crippen LogP contribution in [0.25, 0.3) is 16.7 Å². The number of para-hydroxylation sites is 1. The van der Waals surface area contributed by atoms with Crippen LogP contribution in [0.3, 0.4) is 0 Å². The van der Waals surface area contributed by atoms with Crippen molar-refractivity contribution < 1.29 is 23.8 Å². The molecule has 1 N–H and O–H groups in total. The van der Waals surface area contributed by atoms with Gasteiger partial charge in [0.25, 0.3) is 5.91 Å². The second-order valence-corrected chi connectivity index (χ2v) is 7.93. The van der Waals surface area contributed by atoms with E-state index in [1.807, 2.05) is 47.9 Å². The minimum Gasteiger partial charge on any atom is -0.486 e. The van der Waals surface area contributed by atoms with Gasteiger partial charge < -0.3 is 19.5 Å². The summed E-state index contributed by atoms with van der Waals surface area (Å²) in [7, 11) is 0. The lowest BCUT2D eigenvalue weighted by Gasteiger charge is -2.19. The molecule has 4 aromatic rings. The quantitative estimate of drug-likeness (QED) is 0.450. The van der Waals surface area contributed by atoms with Crippen LogP contribution in [0.15, 0.2) is 66.7 Å². The standard InChI is InChI=1S/C26H23N3O5/c1-16(25(30)28-19-9-11-23-24(15-19)33-13-12-32-23)34-26(31)18-8-10-22-21(14-18)27-17(2)29(22)20-6-4-3-5-7-20/h3-11,14-16H,12-13H2,1-2H3,(H,28,30)/t16-/m0/s1. The normalized spacial score (nSPS) is 13.4.